The number of rotatable bonds is 8. The number of nitrogens with zero attached hydrogens (tertiary/aromatic N) is 3. The molecule has 2 heterocycles. The summed E-state index contributed by atoms with van der Waals surface area (Å²) in [5.41, 5.74) is 3.69. The van der Waals surface area contributed by atoms with Crippen LogP contribution in [0.3, 0.4) is 0 Å². The molecule has 184 valence electrons. The molecule has 9 heteroatoms. The molecule has 1 aliphatic rings. The number of aryl methyl sites for hydroxylation is 2. The summed E-state index contributed by atoms with van der Waals surface area (Å²) in [5, 5.41) is 12.9. The van der Waals surface area contributed by atoms with Gasteiger partial charge in [0.25, 0.3) is 0 Å². The van der Waals surface area contributed by atoms with E-state index in [1.165, 1.54) is 47.1 Å². The number of carbonyl (C=O) groups is 2. The highest BCUT2D eigenvalue weighted by molar-refractivity contribution is 7.99. The van der Waals surface area contributed by atoms with Crippen LogP contribution in [0, 0.1) is 6.92 Å². The summed E-state index contributed by atoms with van der Waals surface area (Å²) < 4.78 is 7.01. The normalized spacial score (nSPS) is 13.4. The largest absolute Gasteiger partial charge is 0.465 e. The van der Waals surface area contributed by atoms with E-state index in [4.69, 9.17) is 4.74 Å². The molecular formula is C26H30N4O3S2. The highest BCUT2D eigenvalue weighted by Gasteiger charge is 2.26. The number of hydrogen-bond acceptors (Lipinski definition) is 7. The molecule has 0 fully saturated rings. The van der Waals surface area contributed by atoms with Crippen molar-refractivity contribution in [3.05, 3.63) is 58.5 Å². The van der Waals surface area contributed by atoms with Gasteiger partial charge in [0.15, 0.2) is 11.0 Å². The second-order valence-electron chi connectivity index (χ2n) is 8.52. The predicted molar refractivity (Wildman–Crippen MR) is 141 cm³/mol. The third kappa shape index (κ3) is 5.85. The SMILES string of the molecule is C=CCn1c(SCC(=O)Nc2sc3c(c2C(=O)OC)CCCCCC3)nnc1-c1ccc(C)cc1. The summed E-state index contributed by atoms with van der Waals surface area (Å²) in [4.78, 5) is 26.7. The number of thiophene rings is 1. The van der Waals surface area contributed by atoms with Crippen LogP contribution >= 0.6 is 23.1 Å². The Kier molecular flexibility index (Phi) is 8.41. The quantitative estimate of drug-likeness (QED) is 0.238. The van der Waals surface area contributed by atoms with E-state index in [2.05, 4.69) is 22.1 Å². The molecule has 0 aliphatic heterocycles. The maximum absolute atomic E-state index is 12.9. The fourth-order valence-electron chi connectivity index (χ4n) is 4.22. The summed E-state index contributed by atoms with van der Waals surface area (Å²) in [7, 11) is 1.38. The van der Waals surface area contributed by atoms with Gasteiger partial charge in [-0.3, -0.25) is 9.36 Å². The summed E-state index contributed by atoms with van der Waals surface area (Å²) in [6.45, 7) is 6.42. The smallest absolute Gasteiger partial charge is 0.341 e. The third-order valence-corrected chi connectivity index (χ3v) is 8.16. The standard InChI is InChI=1S/C26H30N4O3S2/c1-4-15-30-23(18-13-11-17(2)12-14-18)28-29-26(30)34-16-21(31)27-24-22(25(32)33-3)19-9-7-5-6-8-10-20(19)35-24/h4,11-14H,1,5-10,15-16H2,2-3H3,(H,27,31). The van der Waals surface area contributed by atoms with Crippen LogP contribution in [0.15, 0.2) is 42.1 Å². The minimum atomic E-state index is -0.389. The monoisotopic (exact) mass is 510 g/mol. The first-order valence-electron chi connectivity index (χ1n) is 11.8. The van der Waals surface area contributed by atoms with E-state index in [0.29, 0.717) is 22.3 Å². The average Bonchev–Trinajstić information content (AvgIpc) is 3.38. The molecule has 35 heavy (non-hydrogen) atoms. The van der Waals surface area contributed by atoms with Crippen LogP contribution in [-0.4, -0.2) is 39.5 Å². The molecule has 3 aromatic rings. The minimum absolute atomic E-state index is 0.145. The van der Waals surface area contributed by atoms with E-state index in [1.54, 1.807) is 6.08 Å². The average molecular weight is 511 g/mol. The number of nitrogens with one attached hydrogen (secondary N) is 1. The number of fused-ring (bicyclic) bond motifs is 1. The Labute approximate surface area is 214 Å². The molecule has 0 radical (unpaired) electrons. The lowest BCUT2D eigenvalue weighted by Gasteiger charge is -2.11. The lowest BCUT2D eigenvalue weighted by molar-refractivity contribution is -0.113. The number of ether oxygens (including phenoxy) is 1. The van der Waals surface area contributed by atoms with Gasteiger partial charge in [0, 0.05) is 17.0 Å². The van der Waals surface area contributed by atoms with Crippen LogP contribution in [0.4, 0.5) is 5.00 Å². The van der Waals surface area contributed by atoms with Crippen molar-refractivity contribution in [3.63, 3.8) is 0 Å². The van der Waals surface area contributed by atoms with Crippen molar-refractivity contribution in [2.45, 2.75) is 57.1 Å². The number of aromatic nitrogens is 3. The zero-order valence-electron chi connectivity index (χ0n) is 20.1. The molecule has 0 spiro atoms. The maximum atomic E-state index is 12.9. The third-order valence-electron chi connectivity index (χ3n) is 5.98. The highest BCUT2D eigenvalue weighted by Crippen LogP contribution is 2.37. The van der Waals surface area contributed by atoms with Gasteiger partial charge in [0.2, 0.25) is 5.91 Å². The van der Waals surface area contributed by atoms with Crippen molar-refractivity contribution in [1.29, 1.82) is 0 Å². The van der Waals surface area contributed by atoms with E-state index in [0.717, 1.165) is 49.1 Å². The first-order chi connectivity index (χ1) is 17.0. The number of hydrogen-bond donors (Lipinski definition) is 1. The molecule has 1 aromatic carbocycles. The summed E-state index contributed by atoms with van der Waals surface area (Å²) in [5.74, 6) is 0.296. The minimum Gasteiger partial charge on any atom is -0.465 e. The second-order valence-corrected chi connectivity index (χ2v) is 10.6. The van der Waals surface area contributed by atoms with Gasteiger partial charge in [0.05, 0.1) is 18.4 Å². The summed E-state index contributed by atoms with van der Waals surface area (Å²) in [6, 6.07) is 8.09. The van der Waals surface area contributed by atoms with Crippen LogP contribution in [0.1, 0.15) is 52.0 Å². The fraction of sp³-hybridized carbons (Fsp3) is 0.385. The Morgan fingerprint density at radius 3 is 2.63 bits per heavy atom. The lowest BCUT2D eigenvalue weighted by Crippen LogP contribution is -2.17. The van der Waals surface area contributed by atoms with Crippen molar-refractivity contribution in [3.8, 4) is 11.4 Å². The Balaban J connectivity index is 1.51. The Morgan fingerprint density at radius 1 is 1.17 bits per heavy atom. The lowest BCUT2D eigenvalue weighted by atomic mass is 9.96. The van der Waals surface area contributed by atoms with E-state index in [-0.39, 0.29) is 17.6 Å². The first-order valence-corrected chi connectivity index (χ1v) is 13.6. The molecule has 2 aromatic heterocycles. The number of carbonyl (C=O) groups excluding carboxylic acids is 2. The molecule has 1 aliphatic carbocycles. The van der Waals surface area contributed by atoms with Crippen LogP contribution in [0.25, 0.3) is 11.4 Å². The summed E-state index contributed by atoms with van der Waals surface area (Å²) >= 11 is 2.82. The maximum Gasteiger partial charge on any atom is 0.341 e. The fourth-order valence-corrected chi connectivity index (χ4v) is 6.26. The van der Waals surface area contributed by atoms with Crippen molar-refractivity contribution in [2.24, 2.45) is 0 Å². The molecule has 0 unspecified atom stereocenters. The van der Waals surface area contributed by atoms with E-state index in [9.17, 15) is 9.59 Å². The van der Waals surface area contributed by atoms with Gasteiger partial charge >= 0.3 is 5.97 Å². The summed E-state index contributed by atoms with van der Waals surface area (Å²) in [6.07, 6.45) is 8.05. The van der Waals surface area contributed by atoms with Gasteiger partial charge in [0.1, 0.15) is 5.00 Å². The van der Waals surface area contributed by atoms with Crippen LogP contribution in [0.2, 0.25) is 0 Å². The van der Waals surface area contributed by atoms with Crippen LogP contribution in [0.5, 0.6) is 0 Å². The Morgan fingerprint density at radius 2 is 1.91 bits per heavy atom. The van der Waals surface area contributed by atoms with E-state index in [1.807, 2.05) is 35.8 Å². The highest BCUT2D eigenvalue weighted by atomic mass is 32.2. The van der Waals surface area contributed by atoms with Crippen molar-refractivity contribution < 1.29 is 14.3 Å². The number of anilines is 1. The number of methoxy groups -OCH3 is 1. The zero-order chi connectivity index (χ0) is 24.8. The van der Waals surface area contributed by atoms with Crippen molar-refractivity contribution >= 4 is 40.0 Å². The molecule has 0 atom stereocenters. The number of esters is 1. The van der Waals surface area contributed by atoms with Crippen LogP contribution in [-0.2, 0) is 28.9 Å². The van der Waals surface area contributed by atoms with E-state index >= 15 is 0 Å². The number of allylic oxidation sites excluding steroid dienone is 1. The molecule has 0 bridgehead atoms. The molecule has 0 saturated carbocycles. The number of thioether (sulfide) groups is 1. The zero-order valence-corrected chi connectivity index (χ0v) is 21.8. The topological polar surface area (TPSA) is 86.1 Å². The van der Waals surface area contributed by atoms with E-state index < -0.39 is 0 Å². The van der Waals surface area contributed by atoms with Gasteiger partial charge in [-0.2, -0.15) is 0 Å². The number of benzene rings is 1. The predicted octanol–water partition coefficient (Wildman–Crippen LogP) is 5.68. The first kappa shape index (κ1) is 25.2. The van der Waals surface area contributed by atoms with Gasteiger partial charge in [-0.15, -0.1) is 28.1 Å². The molecular weight excluding hydrogens is 480 g/mol. The van der Waals surface area contributed by atoms with Crippen molar-refractivity contribution in [1.82, 2.24) is 14.8 Å². The van der Waals surface area contributed by atoms with Gasteiger partial charge in [-0.1, -0.05) is 60.5 Å². The molecule has 1 N–H and O–H groups in total. The Bertz CT molecular complexity index is 1210. The molecule has 1 amide bonds. The van der Waals surface area contributed by atoms with Gasteiger partial charge in [-0.05, 0) is 38.2 Å². The van der Waals surface area contributed by atoms with Crippen LogP contribution < -0.4 is 5.32 Å². The number of amides is 1. The molecule has 7 nitrogen and oxygen atoms in total. The van der Waals surface area contributed by atoms with Crippen molar-refractivity contribution in [2.75, 3.05) is 18.2 Å². The van der Waals surface area contributed by atoms with Gasteiger partial charge in [-0.25, -0.2) is 4.79 Å². The molecule has 4 rings (SSSR count). The van der Waals surface area contributed by atoms with Gasteiger partial charge < -0.3 is 10.1 Å². The Hall–Kier alpha value is -2.91. The second kappa shape index (κ2) is 11.7. The molecule has 0 saturated heterocycles.